The molecule has 0 bridgehead atoms. The first-order valence-electron chi connectivity index (χ1n) is 22.0. The number of carbonyl (C=O) groups excluding carboxylic acids is 3. The quantitative estimate of drug-likeness (QED) is 0.0356. The molecule has 0 aliphatic carbocycles. The van der Waals surface area contributed by atoms with E-state index in [1.54, 1.807) is 0 Å². The first-order chi connectivity index (χ1) is 24.9. The third-order valence-electron chi connectivity index (χ3n) is 10.5. The minimum atomic E-state index is -0.479. The van der Waals surface area contributed by atoms with Gasteiger partial charge in [0.2, 0.25) is 0 Å². The summed E-state index contributed by atoms with van der Waals surface area (Å²) in [5, 5.41) is 0. The molecule has 0 fully saturated rings. The second-order valence-electron chi connectivity index (χ2n) is 17.2. The summed E-state index contributed by atoms with van der Waals surface area (Å²) in [6, 6.07) is 0. The Morgan fingerprint density at radius 2 is 0.885 bits per heavy atom. The monoisotopic (exact) mass is 738 g/mol. The lowest BCUT2D eigenvalue weighted by Gasteiger charge is -2.23. The van der Waals surface area contributed by atoms with Crippen LogP contribution in [-0.4, -0.2) is 62.8 Å². The number of ether oxygens (including phenoxy) is 3. The first kappa shape index (κ1) is 50.4. The molecule has 0 aromatic carbocycles. The van der Waals surface area contributed by atoms with Gasteiger partial charge in [-0.2, -0.15) is 0 Å². The highest BCUT2D eigenvalue weighted by Crippen LogP contribution is 2.28. The SMILES string of the molecule is CCCCCCCCCOC(=O)C(C)(C)CCCCCC(CCCCCC(C)(C)C(=O)OCCCCCCCCC)OC(=O)CCCCCN(C)C. The van der Waals surface area contributed by atoms with Gasteiger partial charge < -0.3 is 19.1 Å². The summed E-state index contributed by atoms with van der Waals surface area (Å²) >= 11 is 0. The summed E-state index contributed by atoms with van der Waals surface area (Å²) in [4.78, 5) is 40.5. The number of hydrogen-bond acceptors (Lipinski definition) is 7. The Balaban J connectivity index is 4.59. The van der Waals surface area contributed by atoms with E-state index in [2.05, 4.69) is 32.8 Å². The van der Waals surface area contributed by atoms with E-state index < -0.39 is 10.8 Å². The highest BCUT2D eigenvalue weighted by molar-refractivity contribution is 5.76. The summed E-state index contributed by atoms with van der Waals surface area (Å²) in [6.45, 7) is 14.6. The number of hydrogen-bond donors (Lipinski definition) is 0. The van der Waals surface area contributed by atoms with Crippen molar-refractivity contribution in [2.24, 2.45) is 10.8 Å². The summed E-state index contributed by atoms with van der Waals surface area (Å²) in [6.07, 6.45) is 29.5. The van der Waals surface area contributed by atoms with Crippen molar-refractivity contribution in [2.45, 2.75) is 227 Å². The average molecular weight is 738 g/mol. The second kappa shape index (κ2) is 32.8. The van der Waals surface area contributed by atoms with Crippen LogP contribution in [0.5, 0.6) is 0 Å². The third-order valence-corrected chi connectivity index (χ3v) is 10.5. The number of esters is 3. The molecule has 0 unspecified atom stereocenters. The molecule has 0 saturated carbocycles. The number of nitrogens with zero attached hydrogens (tertiary/aromatic N) is 1. The average Bonchev–Trinajstić information content (AvgIpc) is 3.09. The van der Waals surface area contributed by atoms with Crippen molar-refractivity contribution in [2.75, 3.05) is 33.9 Å². The van der Waals surface area contributed by atoms with Gasteiger partial charge in [0.1, 0.15) is 6.10 Å². The van der Waals surface area contributed by atoms with E-state index in [0.29, 0.717) is 19.6 Å². The van der Waals surface area contributed by atoms with Gasteiger partial charge in [-0.15, -0.1) is 0 Å². The van der Waals surface area contributed by atoms with Gasteiger partial charge in [-0.3, -0.25) is 14.4 Å². The van der Waals surface area contributed by atoms with Crippen LogP contribution in [0.25, 0.3) is 0 Å². The highest BCUT2D eigenvalue weighted by atomic mass is 16.5. The van der Waals surface area contributed by atoms with Crippen molar-refractivity contribution in [3.63, 3.8) is 0 Å². The molecular weight excluding hydrogens is 650 g/mol. The van der Waals surface area contributed by atoms with Crippen LogP contribution in [0.2, 0.25) is 0 Å². The van der Waals surface area contributed by atoms with Gasteiger partial charge >= 0.3 is 17.9 Å². The molecule has 308 valence electrons. The van der Waals surface area contributed by atoms with Gasteiger partial charge in [0, 0.05) is 6.42 Å². The van der Waals surface area contributed by atoms with Crippen LogP contribution in [-0.2, 0) is 28.6 Å². The number of unbranched alkanes of at least 4 members (excludes halogenated alkanes) is 18. The van der Waals surface area contributed by atoms with Crippen LogP contribution in [0, 0.1) is 10.8 Å². The molecule has 52 heavy (non-hydrogen) atoms. The molecule has 0 heterocycles. The van der Waals surface area contributed by atoms with Gasteiger partial charge in [0.15, 0.2) is 0 Å². The first-order valence-corrected chi connectivity index (χ1v) is 22.0. The summed E-state index contributed by atoms with van der Waals surface area (Å²) in [5.74, 6) is -0.245. The van der Waals surface area contributed by atoms with E-state index in [1.165, 1.54) is 64.2 Å². The number of rotatable bonds is 37. The van der Waals surface area contributed by atoms with E-state index in [-0.39, 0.29) is 24.0 Å². The fourth-order valence-electron chi connectivity index (χ4n) is 6.66. The van der Waals surface area contributed by atoms with E-state index in [4.69, 9.17) is 14.2 Å². The molecule has 0 aliphatic rings. The lowest BCUT2D eigenvalue weighted by Crippen LogP contribution is -2.27. The van der Waals surface area contributed by atoms with Crippen molar-refractivity contribution < 1.29 is 28.6 Å². The van der Waals surface area contributed by atoms with E-state index in [9.17, 15) is 14.4 Å². The molecule has 0 amide bonds. The van der Waals surface area contributed by atoms with Gasteiger partial charge in [-0.05, 0) is 113 Å². The molecule has 0 saturated heterocycles. The van der Waals surface area contributed by atoms with Crippen LogP contribution >= 0.6 is 0 Å². The van der Waals surface area contributed by atoms with Gasteiger partial charge in [0.25, 0.3) is 0 Å². The molecule has 7 nitrogen and oxygen atoms in total. The van der Waals surface area contributed by atoms with Crippen LogP contribution in [0.4, 0.5) is 0 Å². The summed E-state index contributed by atoms with van der Waals surface area (Å²) < 4.78 is 17.3. The minimum absolute atomic E-state index is 0.0748. The maximum Gasteiger partial charge on any atom is 0.311 e. The smallest absolute Gasteiger partial charge is 0.311 e. The fourth-order valence-corrected chi connectivity index (χ4v) is 6.66. The summed E-state index contributed by atoms with van der Waals surface area (Å²) in [5.41, 5.74) is -0.957. The topological polar surface area (TPSA) is 82.1 Å². The van der Waals surface area contributed by atoms with Crippen molar-refractivity contribution in [1.29, 1.82) is 0 Å². The van der Waals surface area contributed by atoms with E-state index in [1.807, 2.05) is 27.7 Å². The Morgan fingerprint density at radius 1 is 0.500 bits per heavy atom. The van der Waals surface area contributed by atoms with Crippen LogP contribution in [0.1, 0.15) is 221 Å². The zero-order valence-electron chi connectivity index (χ0n) is 35.9. The second-order valence-corrected chi connectivity index (χ2v) is 17.2. The largest absolute Gasteiger partial charge is 0.465 e. The molecule has 0 aromatic heterocycles. The van der Waals surface area contributed by atoms with E-state index >= 15 is 0 Å². The van der Waals surface area contributed by atoms with Gasteiger partial charge in [-0.1, -0.05) is 123 Å². The van der Waals surface area contributed by atoms with Crippen molar-refractivity contribution >= 4 is 17.9 Å². The zero-order valence-corrected chi connectivity index (χ0v) is 35.9. The standard InChI is InChI=1S/C45H87NO6/c1-9-11-13-15-17-19-30-38-50-42(48)44(3,4)35-27-21-24-32-40(52-41(47)34-26-23-29-37-46(7)8)33-25-22-28-36-45(5,6)43(49)51-39-31-20-18-16-14-12-10-2/h40H,9-39H2,1-8H3. The Labute approximate surface area is 322 Å². The van der Waals surface area contributed by atoms with Crippen LogP contribution in [0.3, 0.4) is 0 Å². The molecule has 0 radical (unpaired) electrons. The van der Waals surface area contributed by atoms with Crippen molar-refractivity contribution in [1.82, 2.24) is 4.90 Å². The fraction of sp³-hybridized carbons (Fsp3) is 0.933. The zero-order chi connectivity index (χ0) is 38.9. The van der Waals surface area contributed by atoms with Gasteiger partial charge in [-0.25, -0.2) is 0 Å². The minimum Gasteiger partial charge on any atom is -0.465 e. The molecule has 0 atom stereocenters. The lowest BCUT2D eigenvalue weighted by atomic mass is 9.86. The normalized spacial score (nSPS) is 12.1. The highest BCUT2D eigenvalue weighted by Gasteiger charge is 2.29. The Hall–Kier alpha value is -1.63. The Bertz CT molecular complexity index is 816. The predicted molar refractivity (Wildman–Crippen MR) is 219 cm³/mol. The lowest BCUT2D eigenvalue weighted by molar-refractivity contribution is -0.155. The molecule has 0 aliphatic heterocycles. The van der Waals surface area contributed by atoms with Crippen molar-refractivity contribution in [3.8, 4) is 0 Å². The van der Waals surface area contributed by atoms with Crippen LogP contribution < -0.4 is 0 Å². The predicted octanol–water partition coefficient (Wildman–Crippen LogP) is 12.6. The maximum absolute atomic E-state index is 12.8. The molecule has 7 heteroatoms. The van der Waals surface area contributed by atoms with E-state index in [0.717, 1.165) is 116 Å². The van der Waals surface area contributed by atoms with Crippen molar-refractivity contribution in [3.05, 3.63) is 0 Å². The third kappa shape index (κ3) is 29.8. The van der Waals surface area contributed by atoms with Crippen LogP contribution in [0.15, 0.2) is 0 Å². The molecule has 0 N–H and O–H groups in total. The van der Waals surface area contributed by atoms with Gasteiger partial charge in [0.05, 0.1) is 24.0 Å². The Kier molecular flexibility index (Phi) is 31.7. The number of carbonyl (C=O) groups is 3. The molecule has 0 aromatic rings. The maximum atomic E-state index is 12.8. The molecular formula is C45H87NO6. The Morgan fingerprint density at radius 3 is 1.31 bits per heavy atom. The molecule has 0 rings (SSSR count). The summed E-state index contributed by atoms with van der Waals surface area (Å²) in [7, 11) is 4.16. The molecule has 0 spiro atoms.